The van der Waals surface area contributed by atoms with Crippen molar-refractivity contribution in [3.63, 3.8) is 0 Å². The summed E-state index contributed by atoms with van der Waals surface area (Å²) in [5.74, 6) is 0.851. The molecule has 2 nitrogen and oxygen atoms in total. The van der Waals surface area contributed by atoms with Crippen LogP contribution in [0.1, 0.15) is 39.5 Å². The van der Waals surface area contributed by atoms with Crippen molar-refractivity contribution < 1.29 is 31.1 Å². The zero-order valence-corrected chi connectivity index (χ0v) is 12.9. The molecule has 84 valence electrons. The summed E-state index contributed by atoms with van der Waals surface area (Å²) in [5, 5.41) is 0. The van der Waals surface area contributed by atoms with Gasteiger partial charge in [-0.05, 0) is 18.6 Å². The zero-order chi connectivity index (χ0) is 10.2. The van der Waals surface area contributed by atoms with Crippen LogP contribution in [0.5, 0.6) is 0 Å². The van der Waals surface area contributed by atoms with Gasteiger partial charge in [-0.3, -0.25) is 0 Å². The zero-order valence-electron chi connectivity index (χ0n) is 8.82. The van der Waals surface area contributed by atoms with Crippen LogP contribution in [0.4, 0.5) is 0 Å². The largest absolute Gasteiger partial charge is 0.793 e. The molecule has 0 amide bonds. The van der Waals surface area contributed by atoms with E-state index in [1.54, 1.807) is 0 Å². The maximum Gasteiger partial charge on any atom is 0.0513 e. The summed E-state index contributed by atoms with van der Waals surface area (Å²) in [4.78, 5) is 11.5. The van der Waals surface area contributed by atoms with Gasteiger partial charge in [0.25, 0.3) is 0 Å². The first-order valence-electron chi connectivity index (χ1n) is 4.72. The second-order valence-electron chi connectivity index (χ2n) is 2.82. The van der Waals surface area contributed by atoms with E-state index >= 15 is 0 Å². The minimum absolute atomic E-state index is 0. The van der Waals surface area contributed by atoms with Gasteiger partial charge in [-0.2, -0.15) is 0 Å². The molecule has 0 N–H and O–H groups in total. The summed E-state index contributed by atoms with van der Waals surface area (Å²) in [7, 11) is 0. The summed E-state index contributed by atoms with van der Waals surface area (Å²) in [5.41, 5.74) is -2.75. The quantitative estimate of drug-likeness (QED) is 0.391. The van der Waals surface area contributed by atoms with Crippen molar-refractivity contribution in [2.75, 3.05) is 12.4 Å². The van der Waals surface area contributed by atoms with Crippen LogP contribution in [0.15, 0.2) is 0 Å². The fraction of sp³-hybridized carbons (Fsp3) is 1.00. The first kappa shape index (κ1) is 18.0. The molecule has 0 saturated heterocycles. The van der Waals surface area contributed by atoms with Gasteiger partial charge in [-0.1, -0.05) is 38.5 Å². The third-order valence-corrected chi connectivity index (χ3v) is 5.86. The minimum atomic E-state index is -2.75. The van der Waals surface area contributed by atoms with E-state index in [0.717, 1.165) is 31.4 Å². The van der Waals surface area contributed by atoms with Crippen molar-refractivity contribution in [1.29, 1.82) is 0 Å². The first-order chi connectivity index (χ1) is 6.12. The van der Waals surface area contributed by atoms with Crippen molar-refractivity contribution in [2.24, 2.45) is 0 Å². The Kier molecular flexibility index (Phi) is 14.3. The Morgan fingerprint density at radius 1 is 1.29 bits per heavy atom. The van der Waals surface area contributed by atoms with Gasteiger partial charge < -0.3 is 9.42 Å². The predicted molar refractivity (Wildman–Crippen MR) is 62.5 cm³/mol. The van der Waals surface area contributed by atoms with Crippen LogP contribution in [0.25, 0.3) is 0 Å². The molecule has 0 saturated carbocycles. The van der Waals surface area contributed by atoms with Gasteiger partial charge in [0.1, 0.15) is 0 Å². The van der Waals surface area contributed by atoms with Crippen LogP contribution in [-0.2, 0) is 38.0 Å². The maximum absolute atomic E-state index is 11.5. The van der Waals surface area contributed by atoms with Crippen LogP contribution in [0, 0.1) is 0 Å². The first-order valence-corrected chi connectivity index (χ1v) is 8.95. The van der Waals surface area contributed by atoms with E-state index in [0.29, 0.717) is 6.61 Å². The minimum Gasteiger partial charge on any atom is -0.793 e. The van der Waals surface area contributed by atoms with Crippen molar-refractivity contribution in [2.45, 2.75) is 39.5 Å². The van der Waals surface area contributed by atoms with E-state index < -0.39 is 5.69 Å². The molecule has 0 rings (SSSR count). The average Bonchev–Trinajstić information content (AvgIpc) is 2.05. The molecule has 14 heavy (non-hydrogen) atoms. The van der Waals surface area contributed by atoms with Crippen LogP contribution in [-0.4, -0.2) is 12.4 Å². The molecular formula is C8H18O2PS2Ti-. The van der Waals surface area contributed by atoms with Crippen molar-refractivity contribution >= 4 is 28.9 Å². The fourth-order valence-electron chi connectivity index (χ4n) is 0.679. The summed E-state index contributed by atoms with van der Waals surface area (Å²) >= 11 is 6.17. The number of unbranched alkanes of at least 4 members (excludes halogenated alkanes) is 2. The smallest absolute Gasteiger partial charge is 0.0513 e. The topological polar surface area (TPSA) is 32.3 Å². The van der Waals surface area contributed by atoms with E-state index in [-0.39, 0.29) is 21.7 Å². The van der Waals surface area contributed by atoms with Crippen molar-refractivity contribution in [1.82, 2.24) is 0 Å². The standard InChI is InChI=1S/C8H19O2PS2.Ti/c1-3-5-7-10-11(9,12)13-8-6-4-2;/h3-8H2,1-2H3,(H,9,12);/p-1. The molecule has 0 spiro atoms. The van der Waals surface area contributed by atoms with E-state index in [9.17, 15) is 4.89 Å². The van der Waals surface area contributed by atoms with E-state index in [2.05, 4.69) is 13.8 Å². The molecule has 0 heterocycles. The molecule has 0 radical (unpaired) electrons. The summed E-state index contributed by atoms with van der Waals surface area (Å²) in [6.45, 7) is 4.71. The average molecular weight is 289 g/mol. The molecule has 0 aromatic heterocycles. The maximum atomic E-state index is 11.5. The Bertz CT molecular complexity index is 155. The second-order valence-corrected chi connectivity index (χ2v) is 8.99. The molecule has 0 aromatic carbocycles. The van der Waals surface area contributed by atoms with Crippen LogP contribution in [0.2, 0.25) is 0 Å². The van der Waals surface area contributed by atoms with Crippen LogP contribution in [0.3, 0.4) is 0 Å². The van der Waals surface area contributed by atoms with Gasteiger partial charge in [0.15, 0.2) is 0 Å². The van der Waals surface area contributed by atoms with Crippen molar-refractivity contribution in [3.05, 3.63) is 0 Å². The molecule has 1 unspecified atom stereocenters. The van der Waals surface area contributed by atoms with Crippen LogP contribution < -0.4 is 4.89 Å². The Labute approximate surface area is 111 Å². The fourth-order valence-corrected chi connectivity index (χ4v) is 4.15. The second kappa shape index (κ2) is 11.1. The van der Waals surface area contributed by atoms with Crippen LogP contribution >= 0.6 is 17.1 Å². The summed E-state index contributed by atoms with van der Waals surface area (Å²) in [6.07, 6.45) is 4.16. The van der Waals surface area contributed by atoms with Gasteiger partial charge in [0, 0.05) is 27.4 Å². The SMILES string of the molecule is CCCCOP([O-])(=S)SCCCC.[Ti]. The summed E-state index contributed by atoms with van der Waals surface area (Å²) in [6, 6.07) is 0. The molecule has 0 aliphatic carbocycles. The van der Waals surface area contributed by atoms with E-state index in [1.165, 1.54) is 11.4 Å². The predicted octanol–water partition coefficient (Wildman–Crippen LogP) is 2.92. The Hall–Kier alpha value is 1.63. The molecule has 1 atom stereocenters. The third kappa shape index (κ3) is 11.7. The van der Waals surface area contributed by atoms with E-state index in [4.69, 9.17) is 16.3 Å². The third-order valence-electron chi connectivity index (χ3n) is 1.49. The molecule has 0 aliphatic heterocycles. The molecule has 0 aliphatic rings. The molecule has 6 heteroatoms. The van der Waals surface area contributed by atoms with Gasteiger partial charge in [-0.15, -0.1) is 11.4 Å². The molecular weight excluding hydrogens is 271 g/mol. The van der Waals surface area contributed by atoms with Gasteiger partial charge in [-0.25, -0.2) is 0 Å². The van der Waals surface area contributed by atoms with Gasteiger partial charge in [0.05, 0.1) is 6.61 Å². The molecule has 0 fully saturated rings. The Morgan fingerprint density at radius 3 is 2.36 bits per heavy atom. The number of hydrogen-bond donors (Lipinski definition) is 0. The molecule has 0 aromatic rings. The Balaban J connectivity index is 0. The monoisotopic (exact) mass is 289 g/mol. The Morgan fingerprint density at radius 2 is 1.86 bits per heavy atom. The number of rotatable bonds is 8. The van der Waals surface area contributed by atoms with E-state index in [1.807, 2.05) is 0 Å². The van der Waals surface area contributed by atoms with Gasteiger partial charge in [0.2, 0.25) is 0 Å². The van der Waals surface area contributed by atoms with Crippen molar-refractivity contribution in [3.8, 4) is 0 Å². The van der Waals surface area contributed by atoms with Gasteiger partial charge >= 0.3 is 0 Å². The summed E-state index contributed by atoms with van der Waals surface area (Å²) < 4.78 is 5.15. The molecule has 0 bridgehead atoms. The normalized spacial score (nSPS) is 14.5. The number of hydrogen-bond acceptors (Lipinski definition) is 4.